The van der Waals surface area contributed by atoms with Crippen LogP contribution < -0.4 is 10.7 Å². The van der Waals surface area contributed by atoms with Gasteiger partial charge in [-0.15, -0.1) is 0 Å². The number of piperidine rings is 1. The Morgan fingerprint density at radius 1 is 1.05 bits per heavy atom. The lowest BCUT2D eigenvalue weighted by Crippen LogP contribution is -2.49. The molecule has 2 aliphatic heterocycles. The Hall–Kier alpha value is -3.77. The molecule has 2 amide bonds. The number of esters is 1. The van der Waals surface area contributed by atoms with Crippen LogP contribution >= 0.6 is 11.6 Å². The van der Waals surface area contributed by atoms with Gasteiger partial charge in [0.2, 0.25) is 0 Å². The number of urea groups is 1. The fourth-order valence-corrected chi connectivity index (χ4v) is 5.80. The standard InChI is InChI=1S/C29H31ClN6O5/c30-17-41-28(38)20-8-10-35(11-9-20)16-18-4-6-19(7-5-18)25-24-26(33-32-25)21-2-1-3-22(23(21)27(24)37)31-29(39)34-36-12-14-40-15-13-36/h1-7,20H,8-17H2,(H,32,33)(H2,31,34,39). The Kier molecular flexibility index (Phi) is 8.02. The number of anilines is 1. The van der Waals surface area contributed by atoms with Gasteiger partial charge in [-0.2, -0.15) is 5.10 Å². The van der Waals surface area contributed by atoms with Crippen LogP contribution in [-0.4, -0.2) is 83.3 Å². The Morgan fingerprint density at radius 3 is 2.54 bits per heavy atom. The predicted molar refractivity (Wildman–Crippen MR) is 152 cm³/mol. The minimum absolute atomic E-state index is 0.0920. The molecule has 0 bridgehead atoms. The van der Waals surface area contributed by atoms with E-state index in [2.05, 4.69) is 25.8 Å². The van der Waals surface area contributed by atoms with E-state index < -0.39 is 6.03 Å². The number of fused-ring (bicyclic) bond motifs is 3. The van der Waals surface area contributed by atoms with Crippen molar-refractivity contribution in [3.63, 3.8) is 0 Å². The molecule has 1 aliphatic carbocycles. The molecule has 0 unspecified atom stereocenters. The highest BCUT2D eigenvalue weighted by Crippen LogP contribution is 2.43. The minimum Gasteiger partial charge on any atom is -0.449 e. The molecule has 6 rings (SSSR count). The van der Waals surface area contributed by atoms with Crippen LogP contribution in [-0.2, 0) is 20.8 Å². The highest BCUT2D eigenvalue weighted by Gasteiger charge is 2.35. The van der Waals surface area contributed by atoms with Gasteiger partial charge in [0.15, 0.2) is 11.8 Å². The third-order valence-corrected chi connectivity index (χ3v) is 7.93. The number of aromatic amines is 1. The van der Waals surface area contributed by atoms with Crippen molar-refractivity contribution in [1.82, 2.24) is 25.5 Å². The normalized spacial score (nSPS) is 17.6. The van der Waals surface area contributed by atoms with E-state index in [1.165, 1.54) is 0 Å². The summed E-state index contributed by atoms with van der Waals surface area (Å²) < 4.78 is 10.3. The first-order valence-electron chi connectivity index (χ1n) is 13.7. The van der Waals surface area contributed by atoms with Crippen molar-refractivity contribution in [2.24, 2.45) is 5.92 Å². The van der Waals surface area contributed by atoms with Crippen LogP contribution in [0.3, 0.4) is 0 Å². The highest BCUT2D eigenvalue weighted by atomic mass is 35.5. The van der Waals surface area contributed by atoms with Crippen LogP contribution in [0.1, 0.15) is 34.3 Å². The second-order valence-electron chi connectivity index (χ2n) is 10.4. The fourth-order valence-electron chi connectivity index (χ4n) is 5.69. The van der Waals surface area contributed by atoms with Gasteiger partial charge in [-0.1, -0.05) is 48.0 Å². The number of hydrazine groups is 1. The molecule has 1 aromatic heterocycles. The Labute approximate surface area is 242 Å². The molecular weight excluding hydrogens is 548 g/mol. The van der Waals surface area contributed by atoms with E-state index in [0.29, 0.717) is 60.1 Å². The number of hydrogen-bond acceptors (Lipinski definition) is 8. The molecule has 0 atom stereocenters. The van der Waals surface area contributed by atoms with Gasteiger partial charge in [0.1, 0.15) is 5.69 Å². The van der Waals surface area contributed by atoms with Gasteiger partial charge in [-0.05, 0) is 37.6 Å². The first-order valence-corrected chi connectivity index (χ1v) is 14.3. The van der Waals surface area contributed by atoms with E-state index in [1.54, 1.807) is 11.1 Å². The Morgan fingerprint density at radius 2 is 1.80 bits per heavy atom. The molecule has 3 aliphatic rings. The number of ether oxygens (including phenoxy) is 2. The average Bonchev–Trinajstić information content (AvgIpc) is 3.54. The number of halogens is 1. The molecule has 214 valence electrons. The van der Waals surface area contributed by atoms with E-state index in [4.69, 9.17) is 21.1 Å². The van der Waals surface area contributed by atoms with E-state index in [-0.39, 0.29) is 23.7 Å². The van der Waals surface area contributed by atoms with Gasteiger partial charge in [-0.25, -0.2) is 9.80 Å². The van der Waals surface area contributed by atoms with Crippen molar-refractivity contribution in [3.8, 4) is 22.5 Å². The number of ketones is 1. The maximum Gasteiger partial charge on any atom is 0.333 e. The summed E-state index contributed by atoms with van der Waals surface area (Å²) in [6.45, 7) is 4.69. The maximum absolute atomic E-state index is 13.7. The summed E-state index contributed by atoms with van der Waals surface area (Å²) in [5, 5.41) is 12.2. The number of rotatable bonds is 7. The smallest absolute Gasteiger partial charge is 0.333 e. The monoisotopic (exact) mass is 578 g/mol. The number of nitrogens with one attached hydrogen (secondary N) is 3. The zero-order valence-electron chi connectivity index (χ0n) is 22.5. The molecule has 41 heavy (non-hydrogen) atoms. The lowest BCUT2D eigenvalue weighted by molar-refractivity contribution is -0.148. The maximum atomic E-state index is 13.7. The van der Waals surface area contributed by atoms with Crippen molar-refractivity contribution in [2.45, 2.75) is 19.4 Å². The summed E-state index contributed by atoms with van der Waals surface area (Å²) in [7, 11) is 0. The number of morpholine rings is 1. The summed E-state index contributed by atoms with van der Waals surface area (Å²) in [6.07, 6.45) is 1.50. The second-order valence-corrected chi connectivity index (χ2v) is 10.6. The quantitative estimate of drug-likeness (QED) is 0.224. The van der Waals surface area contributed by atoms with E-state index in [0.717, 1.165) is 43.6 Å². The van der Waals surface area contributed by atoms with Crippen LogP contribution in [0.2, 0.25) is 0 Å². The van der Waals surface area contributed by atoms with Crippen molar-refractivity contribution in [3.05, 3.63) is 59.2 Å². The van der Waals surface area contributed by atoms with Gasteiger partial charge < -0.3 is 14.8 Å². The number of benzene rings is 2. The molecule has 3 heterocycles. The second kappa shape index (κ2) is 12.0. The van der Waals surface area contributed by atoms with Crippen LogP contribution in [0.25, 0.3) is 22.5 Å². The molecular formula is C29H31ClN6O5. The van der Waals surface area contributed by atoms with Gasteiger partial charge >= 0.3 is 12.0 Å². The number of alkyl halides is 1. The van der Waals surface area contributed by atoms with Crippen molar-refractivity contribution in [2.75, 3.05) is 50.8 Å². The lowest BCUT2D eigenvalue weighted by Gasteiger charge is -2.30. The molecule has 2 fully saturated rings. The molecule has 12 heteroatoms. The summed E-state index contributed by atoms with van der Waals surface area (Å²) in [5.41, 5.74) is 8.12. The van der Waals surface area contributed by atoms with Crippen molar-refractivity contribution >= 4 is 35.1 Å². The summed E-state index contributed by atoms with van der Waals surface area (Å²) >= 11 is 5.52. The molecule has 0 saturated carbocycles. The fraction of sp³-hybridized carbons (Fsp3) is 0.379. The number of aromatic nitrogens is 2. The number of likely N-dealkylation sites (tertiary alicyclic amines) is 1. The SMILES string of the molecule is O=C(Nc1cccc2c1C(=O)c1c(-c3ccc(CN4CCC(C(=O)OCCl)CC4)cc3)n[nH]c1-2)NN1CCOCC1. The summed E-state index contributed by atoms with van der Waals surface area (Å²) in [4.78, 5) is 40.6. The Balaban J connectivity index is 1.13. The van der Waals surface area contributed by atoms with Crippen LogP contribution in [0.15, 0.2) is 42.5 Å². The van der Waals surface area contributed by atoms with Crippen molar-refractivity contribution < 1.29 is 23.9 Å². The van der Waals surface area contributed by atoms with E-state index in [9.17, 15) is 14.4 Å². The van der Waals surface area contributed by atoms with Gasteiger partial charge in [0.25, 0.3) is 0 Å². The number of hydrogen-bond donors (Lipinski definition) is 3. The molecule has 2 aromatic carbocycles. The third kappa shape index (κ3) is 5.71. The first-order chi connectivity index (χ1) is 20.0. The van der Waals surface area contributed by atoms with Crippen molar-refractivity contribution in [1.29, 1.82) is 0 Å². The predicted octanol–water partition coefficient (Wildman–Crippen LogP) is 3.61. The molecule has 0 radical (unpaired) electrons. The van der Waals surface area contributed by atoms with Crippen LogP contribution in [0.4, 0.5) is 10.5 Å². The highest BCUT2D eigenvalue weighted by molar-refractivity contribution is 6.26. The molecule has 3 N–H and O–H groups in total. The number of amides is 2. The molecule has 11 nitrogen and oxygen atoms in total. The molecule has 3 aromatic rings. The summed E-state index contributed by atoms with van der Waals surface area (Å²) in [6, 6.07) is 12.9. The van der Waals surface area contributed by atoms with Crippen LogP contribution in [0.5, 0.6) is 0 Å². The zero-order valence-corrected chi connectivity index (χ0v) is 23.2. The molecule has 0 spiro atoms. The topological polar surface area (TPSA) is 129 Å². The largest absolute Gasteiger partial charge is 0.449 e. The van der Waals surface area contributed by atoms with Gasteiger partial charge in [0, 0.05) is 30.8 Å². The van der Waals surface area contributed by atoms with Crippen LogP contribution in [0, 0.1) is 5.92 Å². The zero-order chi connectivity index (χ0) is 28.3. The summed E-state index contributed by atoms with van der Waals surface area (Å²) in [5.74, 6) is -0.488. The van der Waals surface area contributed by atoms with Gasteiger partial charge in [0.05, 0.1) is 41.6 Å². The Bertz CT molecular complexity index is 1440. The van der Waals surface area contributed by atoms with E-state index >= 15 is 0 Å². The molecule has 2 saturated heterocycles. The minimum atomic E-state index is -0.406. The van der Waals surface area contributed by atoms with Gasteiger partial charge in [-0.3, -0.25) is 25.0 Å². The lowest BCUT2D eigenvalue weighted by atomic mass is 9.96. The first kappa shape index (κ1) is 27.4. The number of H-pyrrole nitrogens is 1. The average molecular weight is 579 g/mol. The number of carbonyl (C=O) groups excluding carboxylic acids is 3. The van der Waals surface area contributed by atoms with E-state index in [1.807, 2.05) is 36.4 Å². The third-order valence-electron chi connectivity index (χ3n) is 7.82. The number of nitrogens with zero attached hydrogens (tertiary/aromatic N) is 3. The number of carbonyl (C=O) groups is 3.